The van der Waals surface area contributed by atoms with Crippen molar-refractivity contribution in [3.8, 4) is 22.6 Å². The fourth-order valence-corrected chi connectivity index (χ4v) is 5.60. The number of thioether (sulfide) groups is 1. The first-order valence-corrected chi connectivity index (χ1v) is 13.2. The Kier molecular flexibility index (Phi) is 7.24. The summed E-state index contributed by atoms with van der Waals surface area (Å²) in [5.74, 6) is 0.877. The molecule has 32 heavy (non-hydrogen) atoms. The van der Waals surface area contributed by atoms with E-state index in [9.17, 15) is 4.79 Å². The van der Waals surface area contributed by atoms with Crippen LogP contribution in [0.5, 0.6) is 0 Å². The number of hydrogen-bond acceptors (Lipinski definition) is 7. The number of benzene rings is 1. The predicted octanol–water partition coefficient (Wildman–Crippen LogP) is 6.43. The number of thiazole rings is 1. The first kappa shape index (κ1) is 22.9. The first-order valence-electron chi connectivity index (χ1n) is 9.69. The topological polar surface area (TPSA) is 72.7 Å². The number of rotatable bonds is 8. The van der Waals surface area contributed by atoms with E-state index in [0.29, 0.717) is 16.8 Å². The monoisotopic (exact) mass is 545 g/mol. The molecule has 0 saturated heterocycles. The van der Waals surface area contributed by atoms with Crippen molar-refractivity contribution in [3.63, 3.8) is 0 Å². The molecule has 0 aliphatic heterocycles. The van der Waals surface area contributed by atoms with Gasteiger partial charge in [-0.1, -0.05) is 45.9 Å². The quantitative estimate of drug-likeness (QED) is 0.204. The summed E-state index contributed by atoms with van der Waals surface area (Å²) in [5, 5.41) is 16.9. The zero-order valence-corrected chi connectivity index (χ0v) is 21.5. The molecule has 0 spiro atoms. The van der Waals surface area contributed by atoms with Crippen LogP contribution in [-0.2, 0) is 11.3 Å². The van der Waals surface area contributed by atoms with E-state index in [0.717, 1.165) is 27.1 Å². The molecule has 1 N–H and O–H groups in total. The van der Waals surface area contributed by atoms with E-state index in [1.807, 2.05) is 40.3 Å². The van der Waals surface area contributed by atoms with Crippen LogP contribution in [0.25, 0.3) is 22.6 Å². The van der Waals surface area contributed by atoms with Crippen molar-refractivity contribution < 1.29 is 4.79 Å². The summed E-state index contributed by atoms with van der Waals surface area (Å²) in [7, 11) is 0. The summed E-state index contributed by atoms with van der Waals surface area (Å²) in [6, 6.07) is 7.91. The van der Waals surface area contributed by atoms with Gasteiger partial charge in [0.15, 0.2) is 16.1 Å². The average Bonchev–Trinajstić information content (AvgIpc) is 3.48. The Morgan fingerprint density at radius 2 is 2.00 bits per heavy atom. The van der Waals surface area contributed by atoms with Crippen LogP contribution in [-0.4, -0.2) is 31.4 Å². The number of thiophene rings is 1. The summed E-state index contributed by atoms with van der Waals surface area (Å²) in [5.41, 5.74) is 4.11. The molecule has 3 aromatic heterocycles. The van der Waals surface area contributed by atoms with E-state index in [1.54, 1.807) is 11.3 Å². The average molecular weight is 547 g/mol. The number of carbonyl (C=O) groups is 1. The van der Waals surface area contributed by atoms with Gasteiger partial charge in [-0.2, -0.15) is 0 Å². The molecule has 0 radical (unpaired) electrons. The van der Waals surface area contributed by atoms with Crippen molar-refractivity contribution in [2.75, 3.05) is 11.1 Å². The molecule has 4 aromatic rings. The van der Waals surface area contributed by atoms with Crippen LogP contribution in [0.3, 0.4) is 0 Å². The van der Waals surface area contributed by atoms with Gasteiger partial charge in [0, 0.05) is 37.8 Å². The van der Waals surface area contributed by atoms with Gasteiger partial charge in [0.25, 0.3) is 0 Å². The normalized spacial score (nSPS) is 11.0. The van der Waals surface area contributed by atoms with Gasteiger partial charge in [-0.3, -0.25) is 9.36 Å². The zero-order valence-electron chi connectivity index (χ0n) is 17.5. The van der Waals surface area contributed by atoms with E-state index in [4.69, 9.17) is 0 Å². The number of hydrogen-bond donors (Lipinski definition) is 1. The molecular weight excluding hydrogens is 526 g/mol. The van der Waals surface area contributed by atoms with Gasteiger partial charge < -0.3 is 5.32 Å². The number of allylic oxidation sites excluding steroid dienone is 1. The molecule has 0 aliphatic rings. The van der Waals surface area contributed by atoms with Crippen LogP contribution in [0.4, 0.5) is 5.13 Å². The highest BCUT2D eigenvalue weighted by Crippen LogP contribution is 2.32. The third-order valence-electron chi connectivity index (χ3n) is 4.78. The van der Waals surface area contributed by atoms with Gasteiger partial charge in [-0.25, -0.2) is 4.98 Å². The summed E-state index contributed by atoms with van der Waals surface area (Å²) in [4.78, 5) is 18.3. The van der Waals surface area contributed by atoms with Crippen molar-refractivity contribution in [1.82, 2.24) is 19.7 Å². The fourth-order valence-electron chi connectivity index (χ4n) is 2.99. The number of carbonyl (C=O) groups excluding carboxylic acids is 1. The van der Waals surface area contributed by atoms with Crippen molar-refractivity contribution in [2.24, 2.45) is 0 Å². The minimum atomic E-state index is -0.135. The Hall–Kier alpha value is -2.27. The third-order valence-corrected chi connectivity index (χ3v) is 8.04. The number of nitrogens with zero attached hydrogens (tertiary/aromatic N) is 4. The largest absolute Gasteiger partial charge is 0.301 e. The Labute approximate surface area is 206 Å². The summed E-state index contributed by atoms with van der Waals surface area (Å²) >= 11 is 7.89. The summed E-state index contributed by atoms with van der Waals surface area (Å²) in [6.45, 7) is 8.61. The highest BCUT2D eigenvalue weighted by molar-refractivity contribution is 9.10. The molecule has 6 nitrogen and oxygen atoms in total. The Balaban J connectivity index is 1.43. The van der Waals surface area contributed by atoms with Crippen LogP contribution in [0.15, 0.2) is 57.3 Å². The summed E-state index contributed by atoms with van der Waals surface area (Å²) in [6.07, 6.45) is 1.81. The molecule has 1 aromatic carbocycles. The smallest absolute Gasteiger partial charge is 0.236 e. The van der Waals surface area contributed by atoms with Crippen molar-refractivity contribution in [1.29, 1.82) is 0 Å². The van der Waals surface area contributed by atoms with Gasteiger partial charge in [0.1, 0.15) is 0 Å². The number of aromatic nitrogens is 4. The highest BCUT2D eigenvalue weighted by Gasteiger charge is 2.18. The van der Waals surface area contributed by atoms with E-state index in [2.05, 4.69) is 62.2 Å². The third kappa shape index (κ3) is 5.03. The van der Waals surface area contributed by atoms with Crippen molar-refractivity contribution in [3.05, 3.63) is 62.6 Å². The van der Waals surface area contributed by atoms with Crippen LogP contribution in [0.2, 0.25) is 0 Å². The number of halogens is 1. The Morgan fingerprint density at radius 3 is 2.69 bits per heavy atom. The molecule has 4 rings (SSSR count). The van der Waals surface area contributed by atoms with E-state index >= 15 is 0 Å². The standard InChI is InChI=1S/C22H20BrN5OS3/c1-4-9-28-20(17-10-30-14(3)13(17)2)26-27-22(28)32-12-19(29)25-21-24-18(11-31-21)15-5-7-16(23)8-6-15/h4-8,10-11H,1,9,12H2,2-3H3,(H,24,25,29). The van der Waals surface area contributed by atoms with Gasteiger partial charge in [0.2, 0.25) is 5.91 Å². The SMILES string of the molecule is C=CCn1c(SCC(=O)Nc2nc(-c3ccc(Br)cc3)cs2)nnc1-c1csc(C)c1C. The van der Waals surface area contributed by atoms with E-state index < -0.39 is 0 Å². The van der Waals surface area contributed by atoms with Crippen molar-refractivity contribution in [2.45, 2.75) is 25.5 Å². The van der Waals surface area contributed by atoms with Crippen LogP contribution >= 0.6 is 50.4 Å². The van der Waals surface area contributed by atoms with Crippen LogP contribution in [0, 0.1) is 13.8 Å². The number of nitrogens with one attached hydrogen (secondary N) is 1. The Morgan fingerprint density at radius 1 is 1.22 bits per heavy atom. The lowest BCUT2D eigenvalue weighted by atomic mass is 10.1. The zero-order chi connectivity index (χ0) is 22.7. The van der Waals surface area contributed by atoms with Crippen LogP contribution < -0.4 is 5.32 Å². The van der Waals surface area contributed by atoms with Crippen LogP contribution in [0.1, 0.15) is 10.4 Å². The molecule has 0 unspecified atom stereocenters. The maximum absolute atomic E-state index is 12.5. The maximum Gasteiger partial charge on any atom is 0.236 e. The fraction of sp³-hybridized carbons (Fsp3) is 0.182. The number of aryl methyl sites for hydroxylation is 1. The lowest BCUT2D eigenvalue weighted by molar-refractivity contribution is -0.113. The summed E-state index contributed by atoms with van der Waals surface area (Å²) < 4.78 is 3.01. The molecule has 0 atom stereocenters. The Bertz CT molecular complexity index is 1260. The van der Waals surface area contributed by atoms with Gasteiger partial charge in [0.05, 0.1) is 11.4 Å². The molecule has 3 heterocycles. The highest BCUT2D eigenvalue weighted by atomic mass is 79.9. The molecule has 0 bridgehead atoms. The van der Waals surface area contributed by atoms with E-state index in [1.165, 1.54) is 33.5 Å². The minimum Gasteiger partial charge on any atom is -0.301 e. The second-order valence-corrected chi connectivity index (χ2v) is 10.7. The maximum atomic E-state index is 12.5. The van der Waals surface area contributed by atoms with Gasteiger partial charge in [-0.05, 0) is 31.5 Å². The minimum absolute atomic E-state index is 0.135. The molecule has 1 amide bonds. The molecular formula is C22H20BrN5OS3. The molecule has 0 saturated carbocycles. The predicted molar refractivity (Wildman–Crippen MR) is 138 cm³/mol. The lowest BCUT2D eigenvalue weighted by Gasteiger charge is -2.07. The van der Waals surface area contributed by atoms with Gasteiger partial charge >= 0.3 is 0 Å². The lowest BCUT2D eigenvalue weighted by Crippen LogP contribution is -2.14. The second-order valence-electron chi connectivity index (χ2n) is 6.92. The first-order chi connectivity index (χ1) is 15.5. The van der Waals surface area contributed by atoms with Crippen molar-refractivity contribution >= 4 is 61.4 Å². The second kappa shape index (κ2) is 10.1. The molecule has 0 aliphatic carbocycles. The molecule has 10 heteroatoms. The molecule has 0 fully saturated rings. The number of amides is 1. The molecule has 164 valence electrons. The van der Waals surface area contributed by atoms with E-state index in [-0.39, 0.29) is 11.7 Å². The van der Waals surface area contributed by atoms with Gasteiger partial charge in [-0.15, -0.1) is 39.4 Å². The number of anilines is 1.